The van der Waals surface area contributed by atoms with E-state index in [-0.39, 0.29) is 16.7 Å². The molecule has 0 spiro atoms. The SMILES string of the molecule is COC(=O)c1ccc(NC(=O)COC(=O)c2ccc3c(c2)C(=O)N(c2ccccc2C)C3=O)cc1. The zero-order chi connectivity index (χ0) is 25.1. The Hall–Kier alpha value is -4.79. The van der Waals surface area contributed by atoms with E-state index in [1.165, 1.54) is 49.6 Å². The van der Waals surface area contributed by atoms with Gasteiger partial charge in [-0.3, -0.25) is 14.4 Å². The predicted molar refractivity (Wildman–Crippen MR) is 125 cm³/mol. The lowest BCUT2D eigenvalue weighted by Crippen LogP contribution is -2.29. The van der Waals surface area contributed by atoms with Crippen LogP contribution in [0.25, 0.3) is 0 Å². The number of anilines is 2. The van der Waals surface area contributed by atoms with Crippen molar-refractivity contribution in [1.29, 1.82) is 0 Å². The average molecular weight is 472 g/mol. The fourth-order valence-corrected chi connectivity index (χ4v) is 3.62. The van der Waals surface area contributed by atoms with Crippen molar-refractivity contribution >= 4 is 41.0 Å². The summed E-state index contributed by atoms with van der Waals surface area (Å²) in [7, 11) is 1.27. The monoisotopic (exact) mass is 472 g/mol. The molecule has 0 saturated heterocycles. The molecule has 0 unspecified atom stereocenters. The van der Waals surface area contributed by atoms with Crippen LogP contribution in [0.1, 0.15) is 47.0 Å². The lowest BCUT2D eigenvalue weighted by atomic mass is 10.1. The molecule has 3 amide bonds. The number of nitrogens with zero attached hydrogens (tertiary/aromatic N) is 1. The standard InChI is InChI=1S/C26H20N2O7/c1-15-5-3-4-6-21(15)28-23(30)19-12-9-17(13-20(19)24(28)31)26(33)35-14-22(29)27-18-10-7-16(8-11-18)25(32)34-2/h3-13H,14H2,1-2H3,(H,27,29). The number of methoxy groups -OCH3 is 1. The van der Waals surface area contributed by atoms with Crippen LogP contribution in [0.5, 0.6) is 0 Å². The van der Waals surface area contributed by atoms with Gasteiger partial charge in [0.25, 0.3) is 17.7 Å². The number of imide groups is 1. The highest BCUT2D eigenvalue weighted by Crippen LogP contribution is 2.31. The summed E-state index contributed by atoms with van der Waals surface area (Å²) in [5.74, 6) is -2.94. The Morgan fingerprint density at radius 1 is 0.829 bits per heavy atom. The predicted octanol–water partition coefficient (Wildman–Crippen LogP) is 3.38. The molecular weight excluding hydrogens is 452 g/mol. The molecule has 0 bridgehead atoms. The normalized spacial score (nSPS) is 12.2. The first kappa shape index (κ1) is 23.4. The number of carbonyl (C=O) groups excluding carboxylic acids is 5. The maximum Gasteiger partial charge on any atom is 0.338 e. The Labute approximate surface area is 200 Å². The van der Waals surface area contributed by atoms with Crippen LogP contribution in [0.2, 0.25) is 0 Å². The van der Waals surface area contributed by atoms with E-state index in [2.05, 4.69) is 10.1 Å². The topological polar surface area (TPSA) is 119 Å². The van der Waals surface area contributed by atoms with Crippen LogP contribution in [0, 0.1) is 6.92 Å². The number of amides is 3. The molecule has 3 aromatic carbocycles. The van der Waals surface area contributed by atoms with Gasteiger partial charge in [0.1, 0.15) is 0 Å². The second-order valence-electron chi connectivity index (χ2n) is 7.69. The summed E-state index contributed by atoms with van der Waals surface area (Å²) in [5.41, 5.74) is 2.25. The molecule has 176 valence electrons. The van der Waals surface area contributed by atoms with Crippen LogP contribution < -0.4 is 10.2 Å². The number of fused-ring (bicyclic) bond motifs is 1. The van der Waals surface area contributed by atoms with Crippen molar-refractivity contribution in [3.63, 3.8) is 0 Å². The molecule has 0 fully saturated rings. The average Bonchev–Trinajstić information content (AvgIpc) is 3.12. The molecule has 9 heteroatoms. The summed E-state index contributed by atoms with van der Waals surface area (Å²) in [6.07, 6.45) is 0. The highest BCUT2D eigenvalue weighted by molar-refractivity contribution is 6.35. The zero-order valence-corrected chi connectivity index (χ0v) is 18.9. The van der Waals surface area contributed by atoms with Crippen LogP contribution in [-0.2, 0) is 14.3 Å². The molecule has 3 aromatic rings. The second kappa shape index (κ2) is 9.60. The van der Waals surface area contributed by atoms with Crippen molar-refractivity contribution in [2.45, 2.75) is 6.92 Å². The van der Waals surface area contributed by atoms with E-state index >= 15 is 0 Å². The molecule has 1 heterocycles. The quantitative estimate of drug-likeness (QED) is 0.431. The fourth-order valence-electron chi connectivity index (χ4n) is 3.62. The summed E-state index contributed by atoms with van der Waals surface area (Å²) in [4.78, 5) is 62.9. The summed E-state index contributed by atoms with van der Waals surface area (Å²) in [6, 6.07) is 17.0. The number of carbonyl (C=O) groups is 5. The van der Waals surface area contributed by atoms with E-state index in [0.717, 1.165) is 10.5 Å². The minimum Gasteiger partial charge on any atom is -0.465 e. The molecule has 0 aliphatic carbocycles. The zero-order valence-electron chi connectivity index (χ0n) is 18.9. The Morgan fingerprint density at radius 3 is 2.17 bits per heavy atom. The molecule has 1 N–H and O–H groups in total. The second-order valence-corrected chi connectivity index (χ2v) is 7.69. The molecule has 1 aliphatic rings. The largest absolute Gasteiger partial charge is 0.465 e. The van der Waals surface area contributed by atoms with Crippen LogP contribution >= 0.6 is 0 Å². The number of nitrogens with one attached hydrogen (secondary N) is 1. The smallest absolute Gasteiger partial charge is 0.338 e. The van der Waals surface area contributed by atoms with E-state index < -0.39 is 36.3 Å². The van der Waals surface area contributed by atoms with E-state index in [0.29, 0.717) is 16.9 Å². The number of aryl methyl sites for hydroxylation is 1. The van der Waals surface area contributed by atoms with E-state index in [1.54, 1.807) is 31.2 Å². The van der Waals surface area contributed by atoms with Gasteiger partial charge in [-0.15, -0.1) is 0 Å². The van der Waals surface area contributed by atoms with Crippen LogP contribution in [0.15, 0.2) is 66.7 Å². The highest BCUT2D eigenvalue weighted by atomic mass is 16.5. The van der Waals surface area contributed by atoms with Gasteiger partial charge in [-0.2, -0.15) is 0 Å². The molecule has 35 heavy (non-hydrogen) atoms. The van der Waals surface area contributed by atoms with Crippen molar-refractivity contribution in [2.75, 3.05) is 23.9 Å². The van der Waals surface area contributed by atoms with Crippen LogP contribution in [0.3, 0.4) is 0 Å². The van der Waals surface area contributed by atoms with Crippen LogP contribution in [-0.4, -0.2) is 43.4 Å². The van der Waals surface area contributed by atoms with Crippen LogP contribution in [0.4, 0.5) is 11.4 Å². The van der Waals surface area contributed by atoms with Crippen molar-refractivity contribution in [1.82, 2.24) is 0 Å². The van der Waals surface area contributed by atoms with Crippen molar-refractivity contribution in [3.8, 4) is 0 Å². The third kappa shape index (κ3) is 4.65. The number of para-hydroxylation sites is 1. The van der Waals surface area contributed by atoms with Gasteiger partial charge in [0.15, 0.2) is 6.61 Å². The highest BCUT2D eigenvalue weighted by Gasteiger charge is 2.37. The lowest BCUT2D eigenvalue weighted by molar-refractivity contribution is -0.119. The van der Waals surface area contributed by atoms with Crippen molar-refractivity contribution in [3.05, 3.63) is 94.5 Å². The molecular formula is C26H20N2O7. The first-order valence-corrected chi connectivity index (χ1v) is 10.5. The molecule has 0 atom stereocenters. The lowest BCUT2D eigenvalue weighted by Gasteiger charge is -2.16. The van der Waals surface area contributed by atoms with E-state index in [4.69, 9.17) is 4.74 Å². The number of hydrogen-bond donors (Lipinski definition) is 1. The van der Waals surface area contributed by atoms with Crippen molar-refractivity contribution < 1.29 is 33.4 Å². The van der Waals surface area contributed by atoms with Gasteiger partial charge < -0.3 is 14.8 Å². The minimum absolute atomic E-state index is 0.0340. The number of rotatable bonds is 6. The summed E-state index contributed by atoms with van der Waals surface area (Å²) in [6.45, 7) is 1.22. The summed E-state index contributed by atoms with van der Waals surface area (Å²) in [5, 5.41) is 2.54. The number of benzene rings is 3. The van der Waals surface area contributed by atoms with Gasteiger partial charge in [0.2, 0.25) is 0 Å². The molecule has 0 aromatic heterocycles. The minimum atomic E-state index is -0.821. The third-order valence-corrected chi connectivity index (χ3v) is 5.40. The van der Waals surface area contributed by atoms with Gasteiger partial charge >= 0.3 is 11.9 Å². The number of ether oxygens (including phenoxy) is 2. The molecule has 1 aliphatic heterocycles. The van der Waals surface area contributed by atoms with E-state index in [1.807, 2.05) is 0 Å². The first-order chi connectivity index (χ1) is 16.8. The van der Waals surface area contributed by atoms with Crippen molar-refractivity contribution in [2.24, 2.45) is 0 Å². The Kier molecular flexibility index (Phi) is 6.41. The van der Waals surface area contributed by atoms with Gasteiger partial charge in [-0.25, -0.2) is 14.5 Å². The molecule has 0 saturated carbocycles. The molecule has 0 radical (unpaired) electrons. The maximum atomic E-state index is 12.9. The van der Waals surface area contributed by atoms with E-state index in [9.17, 15) is 24.0 Å². The number of esters is 2. The molecule has 9 nitrogen and oxygen atoms in total. The Morgan fingerprint density at radius 2 is 1.49 bits per heavy atom. The summed E-state index contributed by atoms with van der Waals surface area (Å²) >= 11 is 0. The Balaban J connectivity index is 1.41. The Bertz CT molecular complexity index is 1360. The third-order valence-electron chi connectivity index (χ3n) is 5.40. The maximum absolute atomic E-state index is 12.9. The van der Waals surface area contributed by atoms with Gasteiger partial charge in [-0.1, -0.05) is 18.2 Å². The van der Waals surface area contributed by atoms with Gasteiger partial charge in [0.05, 0.1) is 35.1 Å². The molecule has 4 rings (SSSR count). The summed E-state index contributed by atoms with van der Waals surface area (Å²) < 4.78 is 9.67. The fraction of sp³-hybridized carbons (Fsp3) is 0.115. The first-order valence-electron chi connectivity index (χ1n) is 10.5. The van der Waals surface area contributed by atoms with Gasteiger partial charge in [-0.05, 0) is 61.0 Å². The number of hydrogen-bond acceptors (Lipinski definition) is 7. The van der Waals surface area contributed by atoms with Gasteiger partial charge in [0, 0.05) is 5.69 Å².